The molecule has 18 heavy (non-hydrogen) atoms. The zero-order valence-corrected chi connectivity index (χ0v) is 10.2. The molecule has 2 rings (SSSR count). The average molecular weight is 273 g/mol. The van der Waals surface area contributed by atoms with Crippen molar-refractivity contribution in [3.63, 3.8) is 0 Å². The fourth-order valence-electron chi connectivity index (χ4n) is 1.43. The van der Waals surface area contributed by atoms with E-state index in [-0.39, 0.29) is 5.69 Å². The Kier molecular flexibility index (Phi) is 3.25. The van der Waals surface area contributed by atoms with Gasteiger partial charge in [0, 0.05) is 23.8 Å². The van der Waals surface area contributed by atoms with Crippen LogP contribution in [0.5, 0.6) is 0 Å². The van der Waals surface area contributed by atoms with Gasteiger partial charge in [-0.05, 0) is 18.2 Å². The molecule has 1 aromatic carbocycles. The van der Waals surface area contributed by atoms with E-state index < -0.39 is 11.7 Å². The Hall–Kier alpha value is -1.63. The Labute approximate surface area is 106 Å². The van der Waals surface area contributed by atoms with Gasteiger partial charge < -0.3 is 5.73 Å². The summed E-state index contributed by atoms with van der Waals surface area (Å²) in [6.45, 7) is 0. The molecule has 0 bridgehead atoms. The molecule has 0 aliphatic carbocycles. The van der Waals surface area contributed by atoms with E-state index in [1.54, 1.807) is 30.2 Å². The Morgan fingerprint density at radius 3 is 2.56 bits per heavy atom. The van der Waals surface area contributed by atoms with Crippen molar-refractivity contribution in [2.75, 3.05) is 5.73 Å². The maximum atomic E-state index is 12.7. The Morgan fingerprint density at radius 2 is 2.00 bits per heavy atom. The molecule has 96 valence electrons. The van der Waals surface area contributed by atoms with Crippen molar-refractivity contribution in [2.45, 2.75) is 16.0 Å². The number of rotatable bonds is 2. The summed E-state index contributed by atoms with van der Waals surface area (Å²) in [5.41, 5.74) is 4.25. The molecular weight excluding hydrogens is 263 g/mol. The van der Waals surface area contributed by atoms with Crippen LogP contribution >= 0.6 is 11.8 Å². The first kappa shape index (κ1) is 12.8. The van der Waals surface area contributed by atoms with Crippen molar-refractivity contribution in [1.29, 1.82) is 0 Å². The summed E-state index contributed by atoms with van der Waals surface area (Å²) in [6.07, 6.45) is -1.11. The number of alkyl halides is 3. The van der Waals surface area contributed by atoms with Crippen LogP contribution in [0.25, 0.3) is 0 Å². The second-order valence-corrected chi connectivity index (χ2v) is 4.85. The molecule has 0 saturated carbocycles. The number of halogens is 3. The molecule has 0 aliphatic rings. The number of nitrogen functional groups attached to an aromatic ring is 1. The van der Waals surface area contributed by atoms with Gasteiger partial charge in [-0.3, -0.25) is 4.68 Å². The largest absolute Gasteiger partial charge is 0.418 e. The lowest BCUT2D eigenvalue weighted by Crippen LogP contribution is -2.08. The lowest BCUT2D eigenvalue weighted by molar-refractivity contribution is -0.137. The summed E-state index contributed by atoms with van der Waals surface area (Å²) in [4.78, 5) is 1.25. The fraction of sp³-hybridized carbons (Fsp3) is 0.182. The second kappa shape index (κ2) is 4.56. The summed E-state index contributed by atoms with van der Waals surface area (Å²) >= 11 is 1.21. The van der Waals surface area contributed by atoms with Crippen molar-refractivity contribution >= 4 is 17.4 Å². The molecule has 0 spiro atoms. The smallest absolute Gasteiger partial charge is 0.398 e. The van der Waals surface area contributed by atoms with Crippen LogP contribution in [0.4, 0.5) is 18.9 Å². The molecule has 2 aromatic rings. The molecular formula is C11H10F3N3S. The normalized spacial score (nSPS) is 11.8. The number of anilines is 1. The quantitative estimate of drug-likeness (QED) is 0.855. The van der Waals surface area contributed by atoms with Crippen molar-refractivity contribution in [3.8, 4) is 0 Å². The van der Waals surface area contributed by atoms with Gasteiger partial charge in [0.25, 0.3) is 0 Å². The molecule has 0 saturated heterocycles. The van der Waals surface area contributed by atoms with Crippen LogP contribution in [-0.4, -0.2) is 9.78 Å². The molecule has 0 fully saturated rings. The van der Waals surface area contributed by atoms with Crippen molar-refractivity contribution in [1.82, 2.24) is 9.78 Å². The van der Waals surface area contributed by atoms with Gasteiger partial charge in [-0.1, -0.05) is 11.8 Å². The lowest BCUT2D eigenvalue weighted by Gasteiger charge is -2.11. The van der Waals surface area contributed by atoms with E-state index in [1.807, 2.05) is 0 Å². The topological polar surface area (TPSA) is 43.8 Å². The monoisotopic (exact) mass is 273 g/mol. The van der Waals surface area contributed by atoms with Gasteiger partial charge >= 0.3 is 6.18 Å². The van der Waals surface area contributed by atoms with Crippen LogP contribution in [0.2, 0.25) is 0 Å². The summed E-state index contributed by atoms with van der Waals surface area (Å²) in [6, 6.07) is 3.87. The van der Waals surface area contributed by atoms with Crippen molar-refractivity contribution < 1.29 is 13.2 Å². The molecule has 1 aromatic heterocycles. The third-order valence-corrected chi connectivity index (χ3v) is 3.18. The van der Waals surface area contributed by atoms with Gasteiger partial charge in [-0.25, -0.2) is 0 Å². The highest BCUT2D eigenvalue weighted by molar-refractivity contribution is 7.99. The van der Waals surface area contributed by atoms with E-state index in [2.05, 4.69) is 5.10 Å². The molecule has 0 amide bonds. The van der Waals surface area contributed by atoms with Gasteiger partial charge in [0.15, 0.2) is 0 Å². The molecule has 3 nitrogen and oxygen atoms in total. The Bertz CT molecular complexity index is 563. The zero-order valence-electron chi connectivity index (χ0n) is 9.40. The second-order valence-electron chi connectivity index (χ2n) is 3.70. The number of benzene rings is 1. The first-order chi connectivity index (χ1) is 8.36. The average Bonchev–Trinajstić information content (AvgIpc) is 2.65. The minimum atomic E-state index is -4.43. The van der Waals surface area contributed by atoms with E-state index in [4.69, 9.17) is 5.73 Å². The predicted molar refractivity (Wildman–Crippen MR) is 63.2 cm³/mol. The van der Waals surface area contributed by atoms with Crippen LogP contribution < -0.4 is 5.73 Å². The molecule has 0 unspecified atom stereocenters. The molecule has 7 heteroatoms. The zero-order chi connectivity index (χ0) is 13.3. The third-order valence-electron chi connectivity index (χ3n) is 2.25. The van der Waals surface area contributed by atoms with Gasteiger partial charge in [0.1, 0.15) is 0 Å². The Morgan fingerprint density at radius 1 is 1.28 bits per heavy atom. The van der Waals surface area contributed by atoms with Gasteiger partial charge in [0.05, 0.1) is 16.7 Å². The maximum Gasteiger partial charge on any atom is 0.418 e. The third kappa shape index (κ3) is 2.79. The summed E-state index contributed by atoms with van der Waals surface area (Å²) < 4.78 is 39.6. The number of nitrogens with two attached hydrogens (primary N) is 1. The highest BCUT2D eigenvalue weighted by atomic mass is 32.2. The van der Waals surface area contributed by atoms with Crippen LogP contribution in [0.3, 0.4) is 0 Å². The van der Waals surface area contributed by atoms with Crippen molar-refractivity contribution in [2.24, 2.45) is 7.05 Å². The van der Waals surface area contributed by atoms with E-state index in [1.165, 1.54) is 17.8 Å². The summed E-state index contributed by atoms with van der Waals surface area (Å²) in [5, 5.41) is 3.95. The summed E-state index contributed by atoms with van der Waals surface area (Å²) in [5.74, 6) is 0. The van der Waals surface area contributed by atoms with Crippen molar-refractivity contribution in [3.05, 3.63) is 36.2 Å². The Balaban J connectivity index is 2.30. The van der Waals surface area contributed by atoms with Crippen LogP contribution in [0, 0.1) is 0 Å². The number of aryl methyl sites for hydroxylation is 1. The number of nitrogens with zero attached hydrogens (tertiary/aromatic N) is 2. The number of aromatic nitrogens is 2. The number of hydrogen-bond acceptors (Lipinski definition) is 3. The lowest BCUT2D eigenvalue weighted by atomic mass is 10.2. The van der Waals surface area contributed by atoms with E-state index >= 15 is 0 Å². The highest BCUT2D eigenvalue weighted by Gasteiger charge is 2.33. The van der Waals surface area contributed by atoms with Crippen LogP contribution in [0.15, 0.2) is 40.4 Å². The molecule has 0 atom stereocenters. The SMILES string of the molecule is Cn1cc(Sc2ccc(N)c(C(F)(F)F)c2)cn1. The van der Waals surface area contributed by atoms with Crippen LogP contribution in [0.1, 0.15) is 5.56 Å². The fourth-order valence-corrected chi connectivity index (χ4v) is 2.32. The minimum Gasteiger partial charge on any atom is -0.398 e. The highest BCUT2D eigenvalue weighted by Crippen LogP contribution is 2.37. The number of hydrogen-bond donors (Lipinski definition) is 1. The molecule has 0 radical (unpaired) electrons. The predicted octanol–water partition coefficient (Wildman–Crippen LogP) is 3.17. The standard InChI is InChI=1S/C11H10F3N3S/c1-17-6-8(5-16-17)18-7-2-3-10(15)9(4-7)11(12,13)14/h2-6H,15H2,1H3. The van der Waals surface area contributed by atoms with Gasteiger partial charge in [-0.2, -0.15) is 18.3 Å². The first-order valence-corrected chi connectivity index (χ1v) is 5.81. The molecule has 2 N–H and O–H groups in total. The first-order valence-electron chi connectivity index (χ1n) is 4.99. The van der Waals surface area contributed by atoms with E-state index in [9.17, 15) is 13.2 Å². The molecule has 1 heterocycles. The van der Waals surface area contributed by atoms with Gasteiger partial charge in [0.2, 0.25) is 0 Å². The molecule has 0 aliphatic heterocycles. The minimum absolute atomic E-state index is 0.266. The van der Waals surface area contributed by atoms with Crippen LogP contribution in [-0.2, 0) is 13.2 Å². The van der Waals surface area contributed by atoms with E-state index in [0.29, 0.717) is 4.90 Å². The van der Waals surface area contributed by atoms with Gasteiger partial charge in [-0.15, -0.1) is 0 Å². The maximum absolute atomic E-state index is 12.7. The summed E-state index contributed by atoms with van der Waals surface area (Å²) in [7, 11) is 1.74. The van der Waals surface area contributed by atoms with E-state index in [0.717, 1.165) is 11.0 Å².